The van der Waals surface area contributed by atoms with Crippen LogP contribution in [0.25, 0.3) is 0 Å². The summed E-state index contributed by atoms with van der Waals surface area (Å²) >= 11 is 5.59. The number of piperazine rings is 1. The molecule has 32 heavy (non-hydrogen) atoms. The highest BCUT2D eigenvalue weighted by Crippen LogP contribution is 2.36. The van der Waals surface area contributed by atoms with E-state index in [1.54, 1.807) is 13.0 Å². The SMILES string of the molecule is CCC(C(=O)Nc1cc(C)on1)N1CCN(S(=O)(=O)c2ccc(Cl)c(C(F)(F)F)c2)CC1. The van der Waals surface area contributed by atoms with Gasteiger partial charge in [-0.05, 0) is 31.5 Å². The molecule has 13 heteroatoms. The molecule has 1 aromatic heterocycles. The van der Waals surface area contributed by atoms with Crippen LogP contribution < -0.4 is 5.32 Å². The molecule has 8 nitrogen and oxygen atoms in total. The van der Waals surface area contributed by atoms with Crippen molar-refractivity contribution >= 4 is 33.3 Å². The van der Waals surface area contributed by atoms with E-state index in [-0.39, 0.29) is 37.9 Å². The maximum Gasteiger partial charge on any atom is 0.417 e. The van der Waals surface area contributed by atoms with Crippen LogP contribution in [0.3, 0.4) is 0 Å². The highest BCUT2D eigenvalue weighted by molar-refractivity contribution is 7.89. The Kier molecular flexibility index (Phi) is 7.18. The third-order valence-corrected chi connectivity index (χ3v) is 7.39. The summed E-state index contributed by atoms with van der Waals surface area (Å²) in [6, 6.07) is 3.59. The minimum atomic E-state index is -4.77. The van der Waals surface area contributed by atoms with Gasteiger partial charge in [-0.3, -0.25) is 9.69 Å². The molecule has 3 rings (SSSR count). The van der Waals surface area contributed by atoms with E-state index in [0.29, 0.717) is 18.2 Å². The van der Waals surface area contributed by atoms with Gasteiger partial charge in [0.1, 0.15) is 5.76 Å². The number of benzene rings is 1. The molecule has 1 aliphatic rings. The summed E-state index contributed by atoms with van der Waals surface area (Å²) in [6.45, 7) is 4.05. The minimum absolute atomic E-state index is 0.0269. The molecular formula is C19H22ClF3N4O4S. The Balaban J connectivity index is 1.69. The summed E-state index contributed by atoms with van der Waals surface area (Å²) in [7, 11) is -4.16. The summed E-state index contributed by atoms with van der Waals surface area (Å²) in [5.74, 6) is 0.531. The van der Waals surface area contributed by atoms with Gasteiger partial charge in [0.2, 0.25) is 15.9 Å². The molecule has 1 N–H and O–H groups in total. The van der Waals surface area contributed by atoms with Crippen LogP contribution >= 0.6 is 11.6 Å². The molecule has 1 fully saturated rings. The molecule has 176 valence electrons. The highest BCUT2D eigenvalue weighted by Gasteiger charge is 2.37. The van der Waals surface area contributed by atoms with Crippen molar-refractivity contribution in [3.63, 3.8) is 0 Å². The van der Waals surface area contributed by atoms with Crippen molar-refractivity contribution < 1.29 is 30.9 Å². The van der Waals surface area contributed by atoms with E-state index in [1.807, 2.05) is 11.8 Å². The molecule has 2 heterocycles. The van der Waals surface area contributed by atoms with Gasteiger partial charge >= 0.3 is 6.18 Å². The number of carbonyl (C=O) groups is 1. The highest BCUT2D eigenvalue weighted by atomic mass is 35.5. The third kappa shape index (κ3) is 5.25. The minimum Gasteiger partial charge on any atom is -0.360 e. The predicted octanol–water partition coefficient (Wildman–Crippen LogP) is 3.38. The summed E-state index contributed by atoms with van der Waals surface area (Å²) in [6.07, 6.45) is -4.30. The zero-order chi connectivity index (χ0) is 23.7. The van der Waals surface area contributed by atoms with Gasteiger partial charge in [0.05, 0.1) is 21.5 Å². The number of carbonyl (C=O) groups excluding carboxylic acids is 1. The fourth-order valence-electron chi connectivity index (χ4n) is 3.53. The lowest BCUT2D eigenvalue weighted by molar-refractivity contribution is -0.137. The lowest BCUT2D eigenvalue weighted by Gasteiger charge is -2.37. The Morgan fingerprint density at radius 3 is 2.44 bits per heavy atom. The average molecular weight is 495 g/mol. The van der Waals surface area contributed by atoms with Crippen LogP contribution in [0.1, 0.15) is 24.7 Å². The summed E-state index contributed by atoms with van der Waals surface area (Å²) in [5, 5.41) is 5.82. The first kappa shape index (κ1) is 24.5. The molecule has 1 amide bonds. The standard InChI is InChI=1S/C19H22ClF3N4O4S/c1-3-16(18(28)24-17-10-12(2)31-25-17)26-6-8-27(9-7-26)32(29,30)13-4-5-15(20)14(11-13)19(21,22)23/h4-5,10-11,16H,3,6-9H2,1-2H3,(H,24,25,28). The molecule has 0 radical (unpaired) electrons. The Labute approximate surface area is 188 Å². The Hall–Kier alpha value is -2.15. The number of alkyl halides is 3. The summed E-state index contributed by atoms with van der Waals surface area (Å²) in [4.78, 5) is 14.0. The fraction of sp³-hybridized carbons (Fsp3) is 0.474. The monoisotopic (exact) mass is 494 g/mol. The topological polar surface area (TPSA) is 95.8 Å². The van der Waals surface area contributed by atoms with Crippen molar-refractivity contribution in [2.24, 2.45) is 0 Å². The lowest BCUT2D eigenvalue weighted by atomic mass is 10.1. The van der Waals surface area contributed by atoms with Gasteiger partial charge in [-0.25, -0.2) is 8.42 Å². The van der Waals surface area contributed by atoms with Gasteiger partial charge in [0, 0.05) is 32.2 Å². The van der Waals surface area contributed by atoms with E-state index >= 15 is 0 Å². The lowest BCUT2D eigenvalue weighted by Crippen LogP contribution is -2.54. The molecule has 0 aliphatic carbocycles. The zero-order valence-electron chi connectivity index (χ0n) is 17.3. The van der Waals surface area contributed by atoms with Gasteiger partial charge < -0.3 is 9.84 Å². The number of rotatable bonds is 6. The molecule has 1 atom stereocenters. The van der Waals surface area contributed by atoms with Crippen LogP contribution in [0.2, 0.25) is 5.02 Å². The van der Waals surface area contributed by atoms with E-state index in [1.165, 1.54) is 0 Å². The van der Waals surface area contributed by atoms with Crippen molar-refractivity contribution in [3.8, 4) is 0 Å². The number of halogens is 4. The number of hydrogen-bond donors (Lipinski definition) is 1. The quantitative estimate of drug-likeness (QED) is 0.661. The second-order valence-corrected chi connectivity index (χ2v) is 9.66. The molecule has 0 spiro atoms. The largest absolute Gasteiger partial charge is 0.417 e. The second kappa shape index (κ2) is 9.38. The molecule has 0 saturated carbocycles. The first-order valence-corrected chi connectivity index (χ1v) is 11.6. The summed E-state index contributed by atoms with van der Waals surface area (Å²) < 4.78 is 71.2. The van der Waals surface area contributed by atoms with Crippen molar-refractivity contribution in [1.29, 1.82) is 0 Å². The van der Waals surface area contributed by atoms with E-state index in [4.69, 9.17) is 16.1 Å². The first-order chi connectivity index (χ1) is 14.9. The normalized spacial score (nSPS) is 17.3. The van der Waals surface area contributed by atoms with E-state index in [9.17, 15) is 26.4 Å². The van der Waals surface area contributed by atoms with Crippen LogP contribution in [0.4, 0.5) is 19.0 Å². The molecule has 1 aromatic carbocycles. The molecule has 2 aromatic rings. The number of nitrogens with zero attached hydrogens (tertiary/aromatic N) is 3. The second-order valence-electron chi connectivity index (χ2n) is 7.32. The van der Waals surface area contributed by atoms with Crippen LogP contribution in [0.5, 0.6) is 0 Å². The molecule has 1 aliphatic heterocycles. The third-order valence-electron chi connectivity index (χ3n) is 5.16. The molecular weight excluding hydrogens is 473 g/mol. The van der Waals surface area contributed by atoms with Crippen molar-refractivity contribution in [2.45, 2.75) is 37.4 Å². The summed E-state index contributed by atoms with van der Waals surface area (Å²) in [5.41, 5.74) is -1.20. The smallest absolute Gasteiger partial charge is 0.360 e. The Bertz CT molecular complexity index is 1080. The Morgan fingerprint density at radius 1 is 1.25 bits per heavy atom. The van der Waals surface area contributed by atoms with Gasteiger partial charge in [0.15, 0.2) is 5.82 Å². The number of anilines is 1. The van der Waals surface area contributed by atoms with Gasteiger partial charge in [-0.1, -0.05) is 23.7 Å². The maximum absolute atomic E-state index is 13.1. The van der Waals surface area contributed by atoms with Crippen molar-refractivity contribution in [2.75, 3.05) is 31.5 Å². The van der Waals surface area contributed by atoms with Crippen LogP contribution in [-0.4, -0.2) is 60.9 Å². The number of sulfonamides is 1. The fourth-order valence-corrected chi connectivity index (χ4v) is 5.20. The van der Waals surface area contributed by atoms with Gasteiger partial charge in [-0.2, -0.15) is 17.5 Å². The Morgan fingerprint density at radius 2 is 1.91 bits per heavy atom. The van der Waals surface area contributed by atoms with Crippen LogP contribution in [0.15, 0.2) is 33.7 Å². The van der Waals surface area contributed by atoms with E-state index in [0.717, 1.165) is 16.4 Å². The number of amides is 1. The van der Waals surface area contributed by atoms with Crippen LogP contribution in [0, 0.1) is 6.92 Å². The van der Waals surface area contributed by atoms with Crippen molar-refractivity contribution in [1.82, 2.24) is 14.4 Å². The predicted molar refractivity (Wildman–Crippen MR) is 111 cm³/mol. The molecule has 0 bridgehead atoms. The molecule has 1 unspecified atom stereocenters. The van der Waals surface area contributed by atoms with E-state index < -0.39 is 37.7 Å². The van der Waals surface area contributed by atoms with Crippen molar-refractivity contribution in [3.05, 3.63) is 40.6 Å². The zero-order valence-corrected chi connectivity index (χ0v) is 18.9. The maximum atomic E-state index is 13.1. The van der Waals surface area contributed by atoms with Gasteiger partial charge in [0.25, 0.3) is 0 Å². The van der Waals surface area contributed by atoms with Gasteiger partial charge in [-0.15, -0.1) is 0 Å². The average Bonchev–Trinajstić information content (AvgIpc) is 3.12. The van der Waals surface area contributed by atoms with Crippen LogP contribution in [-0.2, 0) is 21.0 Å². The number of nitrogens with one attached hydrogen (secondary N) is 1. The van der Waals surface area contributed by atoms with E-state index in [2.05, 4.69) is 10.5 Å². The number of aromatic nitrogens is 1. The number of hydrogen-bond acceptors (Lipinski definition) is 6. The molecule has 1 saturated heterocycles. The first-order valence-electron chi connectivity index (χ1n) is 9.78. The number of aryl methyl sites for hydroxylation is 1.